The van der Waals surface area contributed by atoms with Crippen LogP contribution in [0.4, 0.5) is 32.0 Å². The van der Waals surface area contributed by atoms with Crippen LogP contribution in [-0.4, -0.2) is 19.1 Å². The molecule has 0 aliphatic carbocycles. The maximum Gasteiger partial charge on any atom is 0.416 e. The molecule has 0 fully saturated rings. The molecule has 1 amide bonds. The van der Waals surface area contributed by atoms with Gasteiger partial charge in [-0.3, -0.25) is 4.79 Å². The Hall–Kier alpha value is -3.24. The number of alkyl halides is 6. The fourth-order valence-corrected chi connectivity index (χ4v) is 3.37. The number of halogens is 7. The fourth-order valence-electron chi connectivity index (χ4n) is 3.37. The van der Waals surface area contributed by atoms with Crippen molar-refractivity contribution < 1.29 is 35.9 Å². The molecule has 11 heteroatoms. The van der Waals surface area contributed by atoms with E-state index in [1.807, 2.05) is 0 Å². The summed E-state index contributed by atoms with van der Waals surface area (Å²) in [6.45, 7) is -0.393. The fraction of sp³-hybridized carbons (Fsp3) is 0.240. The number of anilines is 1. The van der Waals surface area contributed by atoms with Crippen LogP contribution in [0.5, 0.6) is 0 Å². The second kappa shape index (κ2) is 12.1. The molecule has 0 aliphatic heterocycles. The Balaban J connectivity index is 0.00000456. The van der Waals surface area contributed by atoms with Gasteiger partial charge in [0.15, 0.2) is 0 Å². The zero-order chi connectivity index (χ0) is 25.6. The molecule has 0 saturated heterocycles. The maximum atomic E-state index is 13.1. The van der Waals surface area contributed by atoms with E-state index in [1.54, 1.807) is 54.6 Å². The van der Waals surface area contributed by atoms with E-state index in [0.29, 0.717) is 23.4 Å². The summed E-state index contributed by atoms with van der Waals surface area (Å²) in [7, 11) is 0. The summed E-state index contributed by atoms with van der Waals surface area (Å²) in [6, 6.07) is 16.5. The first-order valence-corrected chi connectivity index (χ1v) is 10.5. The molecule has 0 heterocycles. The lowest BCUT2D eigenvalue weighted by molar-refractivity contribution is -0.143. The minimum absolute atomic E-state index is 0. The van der Waals surface area contributed by atoms with Crippen LogP contribution < -0.4 is 11.1 Å². The summed E-state index contributed by atoms with van der Waals surface area (Å²) in [5.41, 5.74) is 4.23. The van der Waals surface area contributed by atoms with E-state index in [2.05, 4.69) is 5.32 Å². The largest absolute Gasteiger partial charge is 0.416 e. The molecule has 3 aromatic rings. The standard InChI is InChI=1S/C25H22F6N2O2.ClH/c26-24(27,28)20-10-16(11-21(12-20)25(29,30)31)14-35-15-19(17-4-2-1-3-5-17)13-33-23(34)18-6-8-22(32)9-7-18;/h1-12,19H,13-15,32H2,(H,33,34);1H. The van der Waals surface area contributed by atoms with Gasteiger partial charge >= 0.3 is 12.4 Å². The monoisotopic (exact) mass is 532 g/mol. The van der Waals surface area contributed by atoms with Crippen molar-refractivity contribution in [3.8, 4) is 0 Å². The van der Waals surface area contributed by atoms with Gasteiger partial charge in [0.2, 0.25) is 0 Å². The predicted octanol–water partition coefficient (Wildman–Crippen LogP) is 6.46. The van der Waals surface area contributed by atoms with E-state index in [0.717, 1.165) is 5.56 Å². The van der Waals surface area contributed by atoms with E-state index in [-0.39, 0.29) is 43.1 Å². The van der Waals surface area contributed by atoms with E-state index in [4.69, 9.17) is 10.5 Å². The average Bonchev–Trinajstić information content (AvgIpc) is 2.80. The molecule has 0 radical (unpaired) electrons. The first kappa shape index (κ1) is 29.0. The molecule has 0 spiro atoms. The predicted molar refractivity (Wildman–Crippen MR) is 126 cm³/mol. The van der Waals surface area contributed by atoms with E-state index >= 15 is 0 Å². The number of amides is 1. The number of benzene rings is 3. The van der Waals surface area contributed by atoms with Gasteiger partial charge in [0.05, 0.1) is 24.3 Å². The average molecular weight is 533 g/mol. The number of nitrogens with two attached hydrogens (primary N) is 1. The highest BCUT2D eigenvalue weighted by Gasteiger charge is 2.36. The van der Waals surface area contributed by atoms with Gasteiger partial charge in [-0.2, -0.15) is 26.3 Å². The van der Waals surface area contributed by atoms with Gasteiger partial charge in [-0.1, -0.05) is 30.3 Å². The van der Waals surface area contributed by atoms with Crippen molar-refractivity contribution >= 4 is 24.0 Å². The normalized spacial score (nSPS) is 12.5. The molecule has 3 aromatic carbocycles. The van der Waals surface area contributed by atoms with Crippen LogP contribution in [0.15, 0.2) is 72.8 Å². The zero-order valence-electron chi connectivity index (χ0n) is 18.7. The van der Waals surface area contributed by atoms with E-state index in [1.165, 1.54) is 0 Å². The van der Waals surface area contributed by atoms with Crippen LogP contribution >= 0.6 is 12.4 Å². The van der Waals surface area contributed by atoms with Crippen molar-refractivity contribution in [2.45, 2.75) is 24.9 Å². The Morgan fingerprint density at radius 3 is 1.94 bits per heavy atom. The quantitative estimate of drug-likeness (QED) is 0.258. The number of hydrogen-bond donors (Lipinski definition) is 2. The van der Waals surface area contributed by atoms with Gasteiger partial charge in [-0.25, -0.2) is 0 Å². The van der Waals surface area contributed by atoms with Gasteiger partial charge in [0.1, 0.15) is 0 Å². The van der Waals surface area contributed by atoms with Gasteiger partial charge < -0.3 is 15.8 Å². The molecule has 3 rings (SSSR count). The number of rotatable bonds is 8. The topological polar surface area (TPSA) is 64.4 Å². The van der Waals surface area contributed by atoms with Crippen LogP contribution in [0, 0.1) is 0 Å². The Bertz CT molecular complexity index is 1100. The minimum Gasteiger partial charge on any atom is -0.399 e. The molecule has 1 unspecified atom stereocenters. The Labute approximate surface area is 209 Å². The van der Waals surface area contributed by atoms with Crippen LogP contribution in [0.2, 0.25) is 0 Å². The van der Waals surface area contributed by atoms with Gasteiger partial charge in [-0.15, -0.1) is 12.4 Å². The highest BCUT2D eigenvalue weighted by Crippen LogP contribution is 2.36. The SMILES string of the molecule is Cl.Nc1ccc(C(=O)NCC(COCc2cc(C(F)(F)F)cc(C(F)(F)F)c2)c2ccccc2)cc1. The minimum atomic E-state index is -4.94. The van der Waals surface area contributed by atoms with Crippen molar-refractivity contribution in [1.29, 1.82) is 0 Å². The lowest BCUT2D eigenvalue weighted by atomic mass is 9.99. The Morgan fingerprint density at radius 1 is 0.861 bits per heavy atom. The summed E-state index contributed by atoms with van der Waals surface area (Å²) in [6.07, 6.45) is -9.87. The highest BCUT2D eigenvalue weighted by atomic mass is 35.5. The Kier molecular flexibility index (Phi) is 9.77. The van der Waals surface area contributed by atoms with Crippen LogP contribution in [0.3, 0.4) is 0 Å². The van der Waals surface area contributed by atoms with Crippen molar-refractivity contribution in [2.24, 2.45) is 0 Å². The first-order valence-electron chi connectivity index (χ1n) is 10.5. The summed E-state index contributed by atoms with van der Waals surface area (Å²) in [5.74, 6) is -0.763. The third kappa shape index (κ3) is 8.17. The smallest absolute Gasteiger partial charge is 0.399 e. The molecule has 0 aromatic heterocycles. The number of carbonyl (C=O) groups excluding carboxylic acids is 1. The highest BCUT2D eigenvalue weighted by molar-refractivity contribution is 5.94. The molecule has 3 N–H and O–H groups in total. The number of carbonyl (C=O) groups is 1. The second-order valence-electron chi connectivity index (χ2n) is 7.87. The first-order chi connectivity index (χ1) is 16.4. The van der Waals surface area contributed by atoms with Crippen molar-refractivity contribution in [2.75, 3.05) is 18.9 Å². The summed E-state index contributed by atoms with van der Waals surface area (Å²) >= 11 is 0. The lowest BCUT2D eigenvalue weighted by Gasteiger charge is -2.19. The summed E-state index contributed by atoms with van der Waals surface area (Å²) in [5, 5.41) is 2.77. The molecule has 0 saturated carbocycles. The molecule has 194 valence electrons. The van der Waals surface area contributed by atoms with Crippen molar-refractivity contribution in [3.63, 3.8) is 0 Å². The molecule has 0 bridgehead atoms. The third-order valence-electron chi connectivity index (χ3n) is 5.19. The molecular formula is C25H23ClF6N2O2. The Morgan fingerprint density at radius 2 is 1.42 bits per heavy atom. The molecule has 36 heavy (non-hydrogen) atoms. The summed E-state index contributed by atoms with van der Waals surface area (Å²) in [4.78, 5) is 12.4. The molecule has 0 aliphatic rings. The van der Waals surface area contributed by atoms with E-state index in [9.17, 15) is 31.1 Å². The molecule has 4 nitrogen and oxygen atoms in total. The lowest BCUT2D eigenvalue weighted by Crippen LogP contribution is -2.30. The van der Waals surface area contributed by atoms with Crippen LogP contribution in [0.1, 0.15) is 38.5 Å². The van der Waals surface area contributed by atoms with Crippen molar-refractivity contribution in [1.82, 2.24) is 5.32 Å². The zero-order valence-corrected chi connectivity index (χ0v) is 19.5. The van der Waals surface area contributed by atoms with E-state index < -0.39 is 36.0 Å². The molecule has 1 atom stereocenters. The number of nitrogens with one attached hydrogen (secondary N) is 1. The van der Waals surface area contributed by atoms with Gasteiger partial charge in [0, 0.05) is 23.7 Å². The van der Waals surface area contributed by atoms with Crippen LogP contribution in [-0.2, 0) is 23.7 Å². The maximum absolute atomic E-state index is 13.1. The second-order valence-corrected chi connectivity index (χ2v) is 7.87. The third-order valence-corrected chi connectivity index (χ3v) is 5.19. The summed E-state index contributed by atoms with van der Waals surface area (Å²) < 4.78 is 84.1. The van der Waals surface area contributed by atoms with Crippen molar-refractivity contribution in [3.05, 3.63) is 101 Å². The number of nitrogen functional groups attached to an aromatic ring is 1. The van der Waals surface area contributed by atoms with Gasteiger partial charge in [-0.05, 0) is 53.6 Å². The number of ether oxygens (including phenoxy) is 1. The van der Waals surface area contributed by atoms with Crippen LogP contribution in [0.25, 0.3) is 0 Å². The van der Waals surface area contributed by atoms with Gasteiger partial charge in [0.25, 0.3) is 5.91 Å². The number of hydrogen-bond acceptors (Lipinski definition) is 3. The molecular weight excluding hydrogens is 510 g/mol.